The smallest absolute Gasteiger partial charge is 0.137 e. The summed E-state index contributed by atoms with van der Waals surface area (Å²) in [5.41, 5.74) is 5.76. The summed E-state index contributed by atoms with van der Waals surface area (Å²) in [4.78, 5) is 2.29. The molecule has 1 aromatic rings. The van der Waals surface area contributed by atoms with Gasteiger partial charge in [-0.15, -0.1) is 0 Å². The van der Waals surface area contributed by atoms with Crippen LogP contribution in [0.4, 0.5) is 4.39 Å². The zero-order valence-corrected chi connectivity index (χ0v) is 11.2. The van der Waals surface area contributed by atoms with E-state index in [-0.39, 0.29) is 16.7 Å². The van der Waals surface area contributed by atoms with Crippen molar-refractivity contribution in [2.75, 3.05) is 20.1 Å². The molecule has 1 aromatic carbocycles. The minimum atomic E-state index is -0.423. The quantitative estimate of drug-likeness (QED) is 0.850. The second-order valence-electron chi connectivity index (χ2n) is 4.60. The zero-order valence-electron chi connectivity index (χ0n) is 10.4. The summed E-state index contributed by atoms with van der Waals surface area (Å²) >= 11 is 4.87. The fraction of sp³-hybridized carbons (Fsp3) is 0.462. The molecule has 0 amide bonds. The number of likely N-dealkylation sites (tertiary alicyclic amines) is 1. The third kappa shape index (κ3) is 2.97. The van der Waals surface area contributed by atoms with E-state index in [1.54, 1.807) is 12.1 Å². The molecule has 1 heterocycles. The highest BCUT2D eigenvalue weighted by Crippen LogP contribution is 2.25. The van der Waals surface area contributed by atoms with Crippen molar-refractivity contribution in [3.8, 4) is 5.75 Å². The first-order valence-electron chi connectivity index (χ1n) is 6.01. The molecule has 98 valence electrons. The SMILES string of the molecule is CN1CCC(Oc2cccc(F)c2C(N)=S)CC1. The molecule has 0 spiro atoms. The number of hydrogen-bond acceptors (Lipinski definition) is 3. The van der Waals surface area contributed by atoms with Crippen LogP contribution in [0.2, 0.25) is 0 Å². The van der Waals surface area contributed by atoms with E-state index >= 15 is 0 Å². The lowest BCUT2D eigenvalue weighted by Gasteiger charge is -2.29. The Balaban J connectivity index is 2.14. The molecule has 18 heavy (non-hydrogen) atoms. The van der Waals surface area contributed by atoms with Crippen LogP contribution in [0.3, 0.4) is 0 Å². The third-order valence-electron chi connectivity index (χ3n) is 3.18. The summed E-state index contributed by atoms with van der Waals surface area (Å²) in [7, 11) is 2.08. The van der Waals surface area contributed by atoms with Gasteiger partial charge in [-0.3, -0.25) is 0 Å². The van der Waals surface area contributed by atoms with Crippen molar-refractivity contribution in [3.05, 3.63) is 29.6 Å². The Morgan fingerprint density at radius 2 is 2.11 bits per heavy atom. The first kappa shape index (κ1) is 13.2. The van der Waals surface area contributed by atoms with Crippen LogP contribution in [0.1, 0.15) is 18.4 Å². The fourth-order valence-corrected chi connectivity index (χ4v) is 2.32. The van der Waals surface area contributed by atoms with Crippen molar-refractivity contribution >= 4 is 17.2 Å². The number of rotatable bonds is 3. The van der Waals surface area contributed by atoms with E-state index in [9.17, 15) is 4.39 Å². The summed E-state index contributed by atoms with van der Waals surface area (Å²) < 4.78 is 19.5. The first-order chi connectivity index (χ1) is 8.58. The Kier molecular flexibility index (Phi) is 4.14. The molecule has 5 heteroatoms. The van der Waals surface area contributed by atoms with Crippen LogP contribution < -0.4 is 10.5 Å². The van der Waals surface area contributed by atoms with Crippen LogP contribution in [0.15, 0.2) is 18.2 Å². The molecule has 1 saturated heterocycles. The van der Waals surface area contributed by atoms with Gasteiger partial charge in [-0.2, -0.15) is 0 Å². The van der Waals surface area contributed by atoms with Crippen molar-refractivity contribution in [1.82, 2.24) is 4.90 Å². The van der Waals surface area contributed by atoms with Gasteiger partial charge in [-0.25, -0.2) is 4.39 Å². The van der Waals surface area contributed by atoms with Gasteiger partial charge in [0.05, 0.1) is 5.56 Å². The van der Waals surface area contributed by atoms with Crippen LogP contribution >= 0.6 is 12.2 Å². The number of thiocarbonyl (C=S) groups is 1. The molecule has 1 aliphatic heterocycles. The molecule has 2 N–H and O–H groups in total. The highest BCUT2D eigenvalue weighted by atomic mass is 32.1. The second-order valence-corrected chi connectivity index (χ2v) is 5.04. The largest absolute Gasteiger partial charge is 0.489 e. The molecular formula is C13H17FN2OS. The first-order valence-corrected chi connectivity index (χ1v) is 6.42. The Bertz CT molecular complexity index is 445. The van der Waals surface area contributed by atoms with E-state index < -0.39 is 5.82 Å². The minimum Gasteiger partial charge on any atom is -0.489 e. The van der Waals surface area contributed by atoms with E-state index in [0.717, 1.165) is 25.9 Å². The van der Waals surface area contributed by atoms with E-state index in [1.165, 1.54) is 6.07 Å². The van der Waals surface area contributed by atoms with Gasteiger partial charge in [0.25, 0.3) is 0 Å². The van der Waals surface area contributed by atoms with Gasteiger partial charge in [0.1, 0.15) is 22.7 Å². The van der Waals surface area contributed by atoms with Gasteiger partial charge in [0.15, 0.2) is 0 Å². The fourth-order valence-electron chi connectivity index (χ4n) is 2.12. The maximum atomic E-state index is 13.7. The summed E-state index contributed by atoms with van der Waals surface area (Å²) in [5.74, 6) is 0.0324. The highest BCUT2D eigenvalue weighted by Gasteiger charge is 2.20. The number of ether oxygens (including phenoxy) is 1. The summed E-state index contributed by atoms with van der Waals surface area (Å²) in [5, 5.41) is 0. The molecule has 0 saturated carbocycles. The van der Waals surface area contributed by atoms with Gasteiger partial charge >= 0.3 is 0 Å². The molecule has 2 rings (SSSR count). The Morgan fingerprint density at radius 3 is 2.72 bits per heavy atom. The lowest BCUT2D eigenvalue weighted by Crippen LogP contribution is -2.36. The number of piperidine rings is 1. The maximum Gasteiger partial charge on any atom is 0.137 e. The highest BCUT2D eigenvalue weighted by molar-refractivity contribution is 7.80. The number of nitrogens with zero attached hydrogens (tertiary/aromatic N) is 1. The van der Waals surface area contributed by atoms with E-state index in [4.69, 9.17) is 22.7 Å². The molecule has 0 unspecified atom stereocenters. The predicted molar refractivity (Wildman–Crippen MR) is 73.4 cm³/mol. The van der Waals surface area contributed by atoms with Crippen LogP contribution in [0, 0.1) is 5.82 Å². The van der Waals surface area contributed by atoms with Crippen LogP contribution in [0.25, 0.3) is 0 Å². The molecular weight excluding hydrogens is 251 g/mol. The number of benzene rings is 1. The van der Waals surface area contributed by atoms with E-state index in [2.05, 4.69) is 11.9 Å². The molecule has 1 aliphatic rings. The lowest BCUT2D eigenvalue weighted by molar-refractivity contribution is 0.114. The van der Waals surface area contributed by atoms with Crippen molar-refractivity contribution in [2.45, 2.75) is 18.9 Å². The molecule has 0 atom stereocenters. The van der Waals surface area contributed by atoms with Crippen molar-refractivity contribution < 1.29 is 9.13 Å². The van der Waals surface area contributed by atoms with Gasteiger partial charge in [0.2, 0.25) is 0 Å². The van der Waals surface area contributed by atoms with Crippen molar-refractivity contribution in [1.29, 1.82) is 0 Å². The average Bonchev–Trinajstić information content (AvgIpc) is 2.32. The number of hydrogen-bond donors (Lipinski definition) is 1. The molecule has 0 radical (unpaired) electrons. The van der Waals surface area contributed by atoms with Crippen molar-refractivity contribution in [3.63, 3.8) is 0 Å². The standard InChI is InChI=1S/C13H17FN2OS/c1-16-7-5-9(6-8-16)17-11-4-2-3-10(14)12(11)13(15)18/h2-4,9H,5-8H2,1H3,(H2,15,18). The molecule has 0 bridgehead atoms. The summed E-state index contributed by atoms with van der Waals surface area (Å²) in [6, 6.07) is 4.67. The van der Waals surface area contributed by atoms with Crippen LogP contribution in [-0.2, 0) is 0 Å². The van der Waals surface area contributed by atoms with E-state index in [1.807, 2.05) is 0 Å². The predicted octanol–water partition coefficient (Wildman–Crippen LogP) is 1.93. The topological polar surface area (TPSA) is 38.5 Å². The normalized spacial score (nSPS) is 17.7. The second kappa shape index (κ2) is 5.63. The van der Waals surface area contributed by atoms with Gasteiger partial charge in [0, 0.05) is 13.1 Å². The molecule has 0 aromatic heterocycles. The molecule has 3 nitrogen and oxygen atoms in total. The number of nitrogens with two attached hydrogens (primary N) is 1. The maximum absolute atomic E-state index is 13.7. The Labute approximate surface area is 112 Å². The van der Waals surface area contributed by atoms with Crippen LogP contribution in [0.5, 0.6) is 5.75 Å². The summed E-state index contributed by atoms with van der Waals surface area (Å²) in [6.07, 6.45) is 1.98. The Morgan fingerprint density at radius 1 is 1.44 bits per heavy atom. The number of halogens is 1. The zero-order chi connectivity index (χ0) is 13.1. The monoisotopic (exact) mass is 268 g/mol. The van der Waals surface area contributed by atoms with Gasteiger partial charge in [-0.1, -0.05) is 18.3 Å². The average molecular weight is 268 g/mol. The lowest BCUT2D eigenvalue weighted by atomic mass is 10.1. The molecule has 0 aliphatic carbocycles. The molecule has 1 fully saturated rings. The van der Waals surface area contributed by atoms with E-state index in [0.29, 0.717) is 5.75 Å². The third-order valence-corrected chi connectivity index (χ3v) is 3.39. The minimum absolute atomic E-state index is 0.0380. The van der Waals surface area contributed by atoms with Crippen LogP contribution in [-0.4, -0.2) is 36.1 Å². The Hall–Kier alpha value is -1.20. The van der Waals surface area contributed by atoms with Gasteiger partial charge in [-0.05, 0) is 32.0 Å². The van der Waals surface area contributed by atoms with Gasteiger partial charge < -0.3 is 15.4 Å². The summed E-state index contributed by atoms with van der Waals surface area (Å²) in [6.45, 7) is 1.98. The van der Waals surface area contributed by atoms with Crippen molar-refractivity contribution in [2.24, 2.45) is 5.73 Å².